The molecule has 0 fully saturated rings. The van der Waals surface area contributed by atoms with Gasteiger partial charge in [0.05, 0.1) is 30.8 Å². The van der Waals surface area contributed by atoms with Crippen LogP contribution in [0.5, 0.6) is 0 Å². The molecular formula is C15H20N4O3S. The van der Waals surface area contributed by atoms with Crippen molar-refractivity contribution in [3.05, 3.63) is 28.0 Å². The summed E-state index contributed by atoms with van der Waals surface area (Å²) in [6, 6.07) is 0. The van der Waals surface area contributed by atoms with Crippen molar-refractivity contribution < 1.29 is 14.3 Å². The lowest BCUT2D eigenvalue weighted by Gasteiger charge is -2.03. The molecule has 0 atom stereocenters. The minimum Gasteiger partial charge on any atom is -0.466 e. The molecule has 2 rings (SSSR count). The van der Waals surface area contributed by atoms with Gasteiger partial charge in [-0.3, -0.25) is 14.3 Å². The molecule has 0 radical (unpaired) electrons. The van der Waals surface area contributed by atoms with Crippen molar-refractivity contribution in [1.29, 1.82) is 0 Å². The highest BCUT2D eigenvalue weighted by molar-refractivity contribution is 7.13. The molecule has 7 nitrogen and oxygen atoms in total. The fourth-order valence-corrected chi connectivity index (χ4v) is 2.93. The number of carbonyl (C=O) groups excluding carboxylic acids is 2. The smallest absolute Gasteiger partial charge is 0.311 e. The van der Waals surface area contributed by atoms with E-state index in [-0.39, 0.29) is 24.7 Å². The van der Waals surface area contributed by atoms with Gasteiger partial charge in [0, 0.05) is 23.7 Å². The Morgan fingerprint density at radius 2 is 2.09 bits per heavy atom. The summed E-state index contributed by atoms with van der Waals surface area (Å²) in [5, 5.41) is 9.28. The molecule has 0 saturated heterocycles. The van der Waals surface area contributed by atoms with Gasteiger partial charge in [0.25, 0.3) is 0 Å². The standard InChI is InChI=1S/C15H20N4O3S/c1-5-22-14(21)6-11-8-23-15(16-11)17-13(20)7-12-9(2)18-19(4)10(12)3/h8H,5-7H2,1-4H3,(H,16,17,20). The van der Waals surface area contributed by atoms with Gasteiger partial charge in [-0.05, 0) is 20.8 Å². The van der Waals surface area contributed by atoms with Crippen molar-refractivity contribution in [3.8, 4) is 0 Å². The molecule has 1 amide bonds. The summed E-state index contributed by atoms with van der Waals surface area (Å²) in [6.07, 6.45) is 0.360. The van der Waals surface area contributed by atoms with Crippen LogP contribution >= 0.6 is 11.3 Å². The zero-order chi connectivity index (χ0) is 17.0. The van der Waals surface area contributed by atoms with Crippen molar-refractivity contribution >= 4 is 28.3 Å². The van der Waals surface area contributed by atoms with Gasteiger partial charge in [0.2, 0.25) is 5.91 Å². The number of thiazole rings is 1. The van der Waals surface area contributed by atoms with Crippen molar-refractivity contribution in [2.24, 2.45) is 7.05 Å². The number of ether oxygens (including phenoxy) is 1. The topological polar surface area (TPSA) is 86.1 Å². The second-order valence-corrected chi connectivity index (χ2v) is 5.98. The minimum absolute atomic E-state index is 0.112. The van der Waals surface area contributed by atoms with E-state index in [0.29, 0.717) is 17.4 Å². The third kappa shape index (κ3) is 4.38. The van der Waals surface area contributed by atoms with Crippen LogP contribution in [0.15, 0.2) is 5.38 Å². The molecular weight excluding hydrogens is 316 g/mol. The molecule has 2 heterocycles. The molecule has 0 aromatic carbocycles. The lowest BCUT2D eigenvalue weighted by atomic mass is 10.1. The van der Waals surface area contributed by atoms with Crippen LogP contribution in [0.25, 0.3) is 0 Å². The number of rotatable bonds is 6. The van der Waals surface area contributed by atoms with Gasteiger partial charge in [-0.2, -0.15) is 5.10 Å². The molecule has 8 heteroatoms. The Bertz CT molecular complexity index is 720. The number of nitrogens with one attached hydrogen (secondary N) is 1. The number of hydrogen-bond acceptors (Lipinski definition) is 6. The third-order valence-corrected chi connectivity index (χ3v) is 4.23. The van der Waals surface area contributed by atoms with E-state index in [0.717, 1.165) is 17.0 Å². The van der Waals surface area contributed by atoms with E-state index in [2.05, 4.69) is 15.4 Å². The average molecular weight is 336 g/mol. The van der Waals surface area contributed by atoms with Gasteiger partial charge >= 0.3 is 5.97 Å². The van der Waals surface area contributed by atoms with Crippen LogP contribution in [-0.4, -0.2) is 33.2 Å². The Morgan fingerprint density at radius 3 is 2.70 bits per heavy atom. The maximum Gasteiger partial charge on any atom is 0.311 e. The summed E-state index contributed by atoms with van der Waals surface area (Å²) in [5.74, 6) is -0.474. The van der Waals surface area contributed by atoms with Crippen molar-refractivity contribution in [2.75, 3.05) is 11.9 Å². The first-order valence-electron chi connectivity index (χ1n) is 7.29. The van der Waals surface area contributed by atoms with E-state index in [1.807, 2.05) is 20.9 Å². The molecule has 0 aliphatic rings. The molecule has 0 spiro atoms. The lowest BCUT2D eigenvalue weighted by molar-refractivity contribution is -0.142. The Hall–Kier alpha value is -2.22. The number of hydrogen-bond donors (Lipinski definition) is 1. The summed E-state index contributed by atoms with van der Waals surface area (Å²) >= 11 is 1.29. The van der Waals surface area contributed by atoms with E-state index in [1.165, 1.54) is 11.3 Å². The van der Waals surface area contributed by atoms with Crippen LogP contribution in [0.2, 0.25) is 0 Å². The first-order valence-corrected chi connectivity index (χ1v) is 8.17. The largest absolute Gasteiger partial charge is 0.466 e. The van der Waals surface area contributed by atoms with E-state index in [9.17, 15) is 9.59 Å². The first-order chi connectivity index (χ1) is 10.9. The Balaban J connectivity index is 1.95. The summed E-state index contributed by atoms with van der Waals surface area (Å²) in [7, 11) is 1.85. The van der Waals surface area contributed by atoms with Crippen LogP contribution < -0.4 is 5.32 Å². The molecule has 2 aromatic rings. The fourth-order valence-electron chi connectivity index (χ4n) is 2.20. The summed E-state index contributed by atoms with van der Waals surface area (Å²) in [6.45, 7) is 5.92. The number of amides is 1. The molecule has 0 unspecified atom stereocenters. The Labute approximate surface area is 138 Å². The molecule has 0 saturated carbocycles. The molecule has 23 heavy (non-hydrogen) atoms. The van der Waals surface area contributed by atoms with Gasteiger partial charge < -0.3 is 10.1 Å². The highest BCUT2D eigenvalue weighted by Gasteiger charge is 2.15. The predicted molar refractivity (Wildman–Crippen MR) is 87.5 cm³/mol. The number of carbonyl (C=O) groups is 2. The molecule has 2 aromatic heterocycles. The number of anilines is 1. The SMILES string of the molecule is CCOC(=O)Cc1csc(NC(=O)Cc2c(C)nn(C)c2C)n1. The van der Waals surface area contributed by atoms with Crippen LogP contribution in [0.3, 0.4) is 0 Å². The Morgan fingerprint density at radius 1 is 1.35 bits per heavy atom. The second-order valence-electron chi connectivity index (χ2n) is 5.12. The fraction of sp³-hybridized carbons (Fsp3) is 0.467. The van der Waals surface area contributed by atoms with Crippen LogP contribution in [0.4, 0.5) is 5.13 Å². The lowest BCUT2D eigenvalue weighted by Crippen LogP contribution is -2.15. The van der Waals surface area contributed by atoms with Crippen molar-refractivity contribution in [2.45, 2.75) is 33.6 Å². The summed E-state index contributed by atoms with van der Waals surface area (Å²) < 4.78 is 6.64. The first kappa shape index (κ1) is 17.1. The molecule has 0 aliphatic heterocycles. The van der Waals surface area contributed by atoms with Gasteiger partial charge in [-0.15, -0.1) is 11.3 Å². The van der Waals surface area contributed by atoms with Gasteiger partial charge in [0.1, 0.15) is 0 Å². The third-order valence-electron chi connectivity index (χ3n) is 3.43. The minimum atomic E-state index is -0.322. The maximum atomic E-state index is 12.2. The normalized spacial score (nSPS) is 10.6. The highest BCUT2D eigenvalue weighted by atomic mass is 32.1. The zero-order valence-corrected chi connectivity index (χ0v) is 14.5. The van der Waals surface area contributed by atoms with Gasteiger partial charge in [-0.1, -0.05) is 0 Å². The predicted octanol–water partition coefficient (Wildman–Crippen LogP) is 1.78. The molecule has 0 bridgehead atoms. The average Bonchev–Trinajstić information content (AvgIpc) is 2.99. The number of aromatic nitrogens is 3. The van der Waals surface area contributed by atoms with E-state index in [4.69, 9.17) is 4.74 Å². The van der Waals surface area contributed by atoms with E-state index >= 15 is 0 Å². The van der Waals surface area contributed by atoms with Crippen molar-refractivity contribution in [1.82, 2.24) is 14.8 Å². The van der Waals surface area contributed by atoms with Crippen LogP contribution in [0.1, 0.15) is 29.6 Å². The summed E-state index contributed by atoms with van der Waals surface area (Å²) in [5.41, 5.74) is 3.34. The monoisotopic (exact) mass is 336 g/mol. The number of nitrogens with zero attached hydrogens (tertiary/aromatic N) is 3. The molecule has 1 N–H and O–H groups in total. The zero-order valence-electron chi connectivity index (χ0n) is 13.7. The quantitative estimate of drug-likeness (QED) is 0.813. The second kappa shape index (κ2) is 7.36. The number of esters is 1. The maximum absolute atomic E-state index is 12.2. The Kier molecular flexibility index (Phi) is 5.49. The number of aryl methyl sites for hydroxylation is 2. The van der Waals surface area contributed by atoms with Crippen LogP contribution in [0, 0.1) is 13.8 Å². The highest BCUT2D eigenvalue weighted by Crippen LogP contribution is 2.18. The van der Waals surface area contributed by atoms with E-state index < -0.39 is 0 Å². The van der Waals surface area contributed by atoms with Crippen molar-refractivity contribution in [3.63, 3.8) is 0 Å². The molecule has 124 valence electrons. The van der Waals surface area contributed by atoms with Crippen LogP contribution in [-0.2, 0) is 34.2 Å². The molecule has 0 aliphatic carbocycles. The van der Waals surface area contributed by atoms with Gasteiger partial charge in [-0.25, -0.2) is 4.98 Å². The summed E-state index contributed by atoms with van der Waals surface area (Å²) in [4.78, 5) is 27.8. The van der Waals surface area contributed by atoms with Gasteiger partial charge in [0.15, 0.2) is 5.13 Å². The van der Waals surface area contributed by atoms with E-state index in [1.54, 1.807) is 17.0 Å².